The van der Waals surface area contributed by atoms with Gasteiger partial charge in [0, 0.05) is 12.6 Å². The van der Waals surface area contributed by atoms with Gasteiger partial charge in [0.15, 0.2) is 0 Å². The van der Waals surface area contributed by atoms with Crippen molar-refractivity contribution in [2.24, 2.45) is 5.41 Å². The van der Waals surface area contributed by atoms with Crippen LogP contribution in [-0.2, 0) is 0 Å². The predicted molar refractivity (Wildman–Crippen MR) is 86.4 cm³/mol. The van der Waals surface area contributed by atoms with Gasteiger partial charge in [-0.15, -0.1) is 0 Å². The summed E-state index contributed by atoms with van der Waals surface area (Å²) in [4.78, 5) is 2.59. The number of hydrogen-bond acceptors (Lipinski definition) is 3. The molecule has 2 fully saturated rings. The lowest BCUT2D eigenvalue weighted by atomic mass is 9.87. The Balaban J connectivity index is 1.67. The molecule has 0 spiro atoms. The van der Waals surface area contributed by atoms with Gasteiger partial charge in [-0.3, -0.25) is 4.90 Å². The fraction of sp³-hybridized carbons (Fsp3) is 0.778. The number of nitrogens with one attached hydrogen (secondary N) is 1. The minimum Gasteiger partial charge on any atom is -0.465 e. The molecule has 0 radical (unpaired) electrons. The van der Waals surface area contributed by atoms with Gasteiger partial charge in [0.2, 0.25) is 0 Å². The molecule has 3 rings (SSSR count). The van der Waals surface area contributed by atoms with E-state index in [1.165, 1.54) is 45.2 Å². The molecule has 1 aliphatic heterocycles. The van der Waals surface area contributed by atoms with Crippen molar-refractivity contribution in [3.8, 4) is 0 Å². The average molecular weight is 290 g/mol. The summed E-state index contributed by atoms with van der Waals surface area (Å²) in [7, 11) is 0. The van der Waals surface area contributed by atoms with E-state index in [0.717, 1.165) is 18.1 Å². The quantitative estimate of drug-likeness (QED) is 0.891. The molecule has 21 heavy (non-hydrogen) atoms. The topological polar surface area (TPSA) is 28.4 Å². The summed E-state index contributed by atoms with van der Waals surface area (Å²) in [6, 6.07) is 5.31. The molecular weight excluding hydrogens is 260 g/mol. The molecule has 0 bridgehead atoms. The molecule has 1 saturated carbocycles. The summed E-state index contributed by atoms with van der Waals surface area (Å²) >= 11 is 0. The van der Waals surface area contributed by atoms with Crippen LogP contribution in [0.25, 0.3) is 0 Å². The highest BCUT2D eigenvalue weighted by atomic mass is 16.3. The van der Waals surface area contributed by atoms with Crippen LogP contribution in [0.1, 0.15) is 63.5 Å². The van der Waals surface area contributed by atoms with Gasteiger partial charge < -0.3 is 9.73 Å². The van der Waals surface area contributed by atoms with Gasteiger partial charge in [0.1, 0.15) is 11.5 Å². The van der Waals surface area contributed by atoms with E-state index in [-0.39, 0.29) is 0 Å². The lowest BCUT2D eigenvalue weighted by Gasteiger charge is -2.32. The third-order valence-electron chi connectivity index (χ3n) is 5.49. The Morgan fingerprint density at radius 3 is 2.62 bits per heavy atom. The monoisotopic (exact) mass is 290 g/mol. The number of hydrogen-bond donors (Lipinski definition) is 1. The summed E-state index contributed by atoms with van der Waals surface area (Å²) in [5.74, 6) is 2.16. The Morgan fingerprint density at radius 2 is 2.05 bits per heavy atom. The normalized spacial score (nSPS) is 27.3. The number of likely N-dealkylation sites (tertiary alicyclic amines) is 1. The first-order chi connectivity index (χ1) is 10.1. The fourth-order valence-electron chi connectivity index (χ4n) is 4.05. The molecule has 2 aliphatic rings. The Bertz CT molecular complexity index is 460. The molecule has 3 nitrogen and oxygen atoms in total. The lowest BCUT2D eigenvalue weighted by Crippen LogP contribution is -2.43. The summed E-state index contributed by atoms with van der Waals surface area (Å²) in [6.07, 6.45) is 6.67. The zero-order valence-corrected chi connectivity index (χ0v) is 13.8. The molecule has 3 heteroatoms. The second-order valence-electron chi connectivity index (χ2n) is 7.55. The van der Waals surface area contributed by atoms with Crippen LogP contribution in [0.3, 0.4) is 0 Å². The van der Waals surface area contributed by atoms with Crippen molar-refractivity contribution in [1.82, 2.24) is 10.2 Å². The predicted octanol–water partition coefficient (Wildman–Crippen LogP) is 3.89. The largest absolute Gasteiger partial charge is 0.465 e. The second kappa shape index (κ2) is 6.13. The van der Waals surface area contributed by atoms with Gasteiger partial charge >= 0.3 is 0 Å². The van der Waals surface area contributed by atoms with Crippen LogP contribution in [0.5, 0.6) is 0 Å². The van der Waals surface area contributed by atoms with Crippen LogP contribution in [0.2, 0.25) is 0 Å². The van der Waals surface area contributed by atoms with E-state index in [4.69, 9.17) is 4.42 Å². The maximum atomic E-state index is 5.94. The van der Waals surface area contributed by atoms with Crippen molar-refractivity contribution < 1.29 is 4.42 Å². The smallest absolute Gasteiger partial charge is 0.122 e. The van der Waals surface area contributed by atoms with E-state index in [0.29, 0.717) is 17.5 Å². The van der Waals surface area contributed by atoms with Crippen LogP contribution < -0.4 is 5.32 Å². The molecule has 1 aliphatic carbocycles. The molecule has 118 valence electrons. The van der Waals surface area contributed by atoms with Gasteiger partial charge in [0.25, 0.3) is 0 Å². The second-order valence-corrected chi connectivity index (χ2v) is 7.55. The SMILES string of the molecule is Cc1ccc([C@H](CN[C@H]2CCCC2(C)C)N2CCCC2)o1. The standard InChI is InChI=1S/C18H30N2O/c1-14-8-9-16(21-14)15(20-11-4-5-12-20)13-19-17-7-6-10-18(17,2)3/h8-9,15,17,19H,4-7,10-13H2,1-3H3/t15-,17-/m0/s1. The van der Waals surface area contributed by atoms with Crippen LogP contribution >= 0.6 is 0 Å². The third kappa shape index (κ3) is 3.35. The minimum atomic E-state index is 0.401. The Labute approximate surface area is 129 Å². The molecule has 2 atom stereocenters. The van der Waals surface area contributed by atoms with E-state index in [1.54, 1.807) is 0 Å². The zero-order valence-electron chi connectivity index (χ0n) is 13.8. The van der Waals surface area contributed by atoms with E-state index >= 15 is 0 Å². The first-order valence-corrected chi connectivity index (χ1v) is 8.60. The summed E-state index contributed by atoms with van der Waals surface area (Å²) in [5.41, 5.74) is 0.439. The van der Waals surface area contributed by atoms with Gasteiger partial charge in [-0.2, -0.15) is 0 Å². The Hall–Kier alpha value is -0.800. The van der Waals surface area contributed by atoms with E-state index < -0.39 is 0 Å². The zero-order chi connectivity index (χ0) is 14.9. The first kappa shape index (κ1) is 15.1. The van der Waals surface area contributed by atoms with Crippen molar-refractivity contribution in [3.63, 3.8) is 0 Å². The number of furan rings is 1. The highest BCUT2D eigenvalue weighted by molar-refractivity contribution is 5.11. The third-order valence-corrected chi connectivity index (χ3v) is 5.49. The molecule has 0 amide bonds. The van der Waals surface area contributed by atoms with Gasteiger partial charge in [0.05, 0.1) is 6.04 Å². The van der Waals surface area contributed by atoms with E-state index in [2.05, 4.69) is 36.2 Å². The van der Waals surface area contributed by atoms with Crippen molar-refractivity contribution in [1.29, 1.82) is 0 Å². The average Bonchev–Trinajstić information content (AvgIpc) is 3.13. The van der Waals surface area contributed by atoms with Crippen LogP contribution in [0.4, 0.5) is 0 Å². The summed E-state index contributed by atoms with van der Waals surface area (Å²) in [5, 5.41) is 3.85. The summed E-state index contributed by atoms with van der Waals surface area (Å²) in [6.45, 7) is 10.3. The fourth-order valence-corrected chi connectivity index (χ4v) is 4.05. The molecule has 0 aromatic carbocycles. The molecule has 0 unspecified atom stereocenters. The van der Waals surface area contributed by atoms with Gasteiger partial charge in [-0.1, -0.05) is 20.3 Å². The lowest BCUT2D eigenvalue weighted by molar-refractivity contribution is 0.187. The van der Waals surface area contributed by atoms with Gasteiger partial charge in [-0.05, 0) is 63.2 Å². The molecule has 1 N–H and O–H groups in total. The highest BCUT2D eigenvalue weighted by Crippen LogP contribution is 2.37. The molecular formula is C18H30N2O. The van der Waals surface area contributed by atoms with Crippen LogP contribution in [0.15, 0.2) is 16.5 Å². The molecule has 1 saturated heterocycles. The number of aryl methyl sites for hydroxylation is 1. The van der Waals surface area contributed by atoms with Gasteiger partial charge in [-0.25, -0.2) is 0 Å². The summed E-state index contributed by atoms with van der Waals surface area (Å²) < 4.78 is 5.94. The minimum absolute atomic E-state index is 0.401. The van der Waals surface area contributed by atoms with Crippen molar-refractivity contribution in [3.05, 3.63) is 23.7 Å². The maximum absolute atomic E-state index is 5.94. The van der Waals surface area contributed by atoms with E-state index in [9.17, 15) is 0 Å². The number of rotatable bonds is 5. The number of nitrogens with zero attached hydrogens (tertiary/aromatic N) is 1. The van der Waals surface area contributed by atoms with Crippen LogP contribution in [0, 0.1) is 12.3 Å². The molecule has 1 aromatic heterocycles. The van der Waals surface area contributed by atoms with Crippen molar-refractivity contribution >= 4 is 0 Å². The molecule has 2 heterocycles. The van der Waals surface area contributed by atoms with E-state index in [1.807, 2.05) is 6.92 Å². The maximum Gasteiger partial charge on any atom is 0.122 e. The highest BCUT2D eigenvalue weighted by Gasteiger charge is 2.35. The van der Waals surface area contributed by atoms with Crippen molar-refractivity contribution in [2.45, 2.75) is 65.0 Å². The van der Waals surface area contributed by atoms with Crippen LogP contribution in [-0.4, -0.2) is 30.6 Å². The Morgan fingerprint density at radius 1 is 1.29 bits per heavy atom. The first-order valence-electron chi connectivity index (χ1n) is 8.60. The molecule has 1 aromatic rings. The Kier molecular flexibility index (Phi) is 4.41. The van der Waals surface area contributed by atoms with Crippen molar-refractivity contribution in [2.75, 3.05) is 19.6 Å².